The van der Waals surface area contributed by atoms with Crippen LogP contribution in [-0.2, 0) is 46.8 Å². The molecule has 486 valence electrons. The first-order valence-electron chi connectivity index (χ1n) is 30.9. The molecule has 0 unspecified atom stereocenters. The van der Waals surface area contributed by atoms with Crippen molar-refractivity contribution >= 4 is 73.1 Å². The highest BCUT2D eigenvalue weighted by molar-refractivity contribution is 9.10. The molecule has 9 N–H and O–H groups in total. The summed E-state index contributed by atoms with van der Waals surface area (Å²) in [7, 11) is -3.61. The van der Waals surface area contributed by atoms with Gasteiger partial charge in [-0.3, -0.25) is 24.1 Å². The monoisotopic (exact) mass is 1340 g/mol. The fourth-order valence-electron chi connectivity index (χ4n) is 11.9. The van der Waals surface area contributed by atoms with Gasteiger partial charge in [0.15, 0.2) is 0 Å². The van der Waals surface area contributed by atoms with Crippen LogP contribution in [-0.4, -0.2) is 139 Å². The van der Waals surface area contributed by atoms with E-state index in [0.29, 0.717) is 93.3 Å². The van der Waals surface area contributed by atoms with Gasteiger partial charge in [0.1, 0.15) is 17.7 Å². The molecule has 25 nitrogen and oxygen atoms in total. The van der Waals surface area contributed by atoms with E-state index in [1.807, 2.05) is 82.3 Å². The number of hydrogen-bond acceptors (Lipinski definition) is 15. The van der Waals surface area contributed by atoms with Crippen molar-refractivity contribution in [3.63, 3.8) is 0 Å². The second-order valence-corrected chi connectivity index (χ2v) is 27.5. The molecule has 3 fully saturated rings. The number of amides is 6. The number of benzene rings is 5. The van der Waals surface area contributed by atoms with Crippen LogP contribution in [0.1, 0.15) is 102 Å². The van der Waals surface area contributed by atoms with E-state index in [0.717, 1.165) is 63.5 Å². The predicted molar refractivity (Wildman–Crippen MR) is 348 cm³/mol. The van der Waals surface area contributed by atoms with E-state index in [2.05, 4.69) is 78.4 Å². The lowest BCUT2D eigenvalue weighted by atomic mass is 9.81. The number of primary amides is 1. The first-order valence-corrected chi connectivity index (χ1v) is 33.1. The van der Waals surface area contributed by atoms with Crippen molar-refractivity contribution < 1.29 is 47.0 Å². The lowest BCUT2D eigenvalue weighted by Gasteiger charge is -2.36. The number of aryl methyl sites for hydroxylation is 1. The third-order valence-electron chi connectivity index (χ3n) is 16.8. The molecule has 2 aliphatic carbocycles. The fraction of sp³-hybridized carbons (Fsp3) is 0.415. The second kappa shape index (κ2) is 30.9. The average molecular weight is 1340 g/mol. The number of ether oxygens (including phenoxy) is 1. The number of carbonyl (C=O) groups is 6. The van der Waals surface area contributed by atoms with E-state index >= 15 is 0 Å². The van der Waals surface area contributed by atoms with Crippen LogP contribution in [0, 0.1) is 30.6 Å². The number of nitrogens with zero attached hydrogens (tertiary/aromatic N) is 8. The number of anilines is 2. The summed E-state index contributed by atoms with van der Waals surface area (Å²) in [6.45, 7) is 9.27. The molecule has 7 aromatic rings. The Labute approximate surface area is 542 Å². The number of rotatable bonds is 21. The van der Waals surface area contributed by atoms with Gasteiger partial charge in [0.25, 0.3) is 0 Å². The van der Waals surface area contributed by atoms with Crippen molar-refractivity contribution in [2.45, 2.75) is 127 Å². The van der Waals surface area contributed by atoms with Crippen LogP contribution in [0.3, 0.4) is 0 Å². The molecule has 3 heterocycles. The molecule has 6 amide bonds. The minimum atomic E-state index is -3.61. The highest BCUT2D eigenvalue weighted by Crippen LogP contribution is 2.35. The lowest BCUT2D eigenvalue weighted by molar-refractivity contribution is -0.130. The highest BCUT2D eigenvalue weighted by atomic mass is 79.9. The maximum absolute atomic E-state index is 14.1. The first-order chi connectivity index (χ1) is 44.1. The second-order valence-electron chi connectivity index (χ2n) is 24.6. The molecule has 92 heavy (non-hydrogen) atoms. The van der Waals surface area contributed by atoms with Crippen LogP contribution in [0.4, 0.5) is 21.0 Å². The zero-order chi connectivity index (χ0) is 65.5. The number of alkyl carbamates (subject to hydrolysis) is 1. The van der Waals surface area contributed by atoms with Crippen molar-refractivity contribution in [1.82, 2.24) is 61.5 Å². The van der Waals surface area contributed by atoms with Gasteiger partial charge in [-0.25, -0.2) is 18.0 Å². The van der Waals surface area contributed by atoms with Crippen molar-refractivity contribution in [2.75, 3.05) is 36.4 Å². The Morgan fingerprint density at radius 3 is 1.86 bits per heavy atom. The number of hydrogen-bond donors (Lipinski definition) is 8. The van der Waals surface area contributed by atoms with Gasteiger partial charge in [0.2, 0.25) is 45.3 Å². The van der Waals surface area contributed by atoms with Crippen LogP contribution in [0.2, 0.25) is 0 Å². The zero-order valence-corrected chi connectivity index (χ0v) is 54.2. The Kier molecular flexibility index (Phi) is 22.7. The summed E-state index contributed by atoms with van der Waals surface area (Å²) >= 11 is 3.48. The third kappa shape index (κ3) is 18.4. The number of carbonyl (C=O) groups excluding carboxylic acids is 5. The largest absolute Gasteiger partial charge is 0.465 e. The summed E-state index contributed by atoms with van der Waals surface area (Å²) in [4.78, 5) is 79.2. The number of aromatic amines is 2. The van der Waals surface area contributed by atoms with Gasteiger partial charge in [-0.15, -0.1) is 20.4 Å². The summed E-state index contributed by atoms with van der Waals surface area (Å²) < 4.78 is 34.5. The molecular formula is C65H78BrN15O10S. The number of nitrogens with two attached hydrogens (primary N) is 1. The van der Waals surface area contributed by atoms with Crippen LogP contribution in [0.5, 0.6) is 0 Å². The van der Waals surface area contributed by atoms with Crippen LogP contribution in [0.25, 0.3) is 33.9 Å². The van der Waals surface area contributed by atoms with Crippen molar-refractivity contribution in [3.05, 3.63) is 136 Å². The van der Waals surface area contributed by atoms with Gasteiger partial charge >= 0.3 is 12.2 Å². The van der Waals surface area contributed by atoms with E-state index in [4.69, 9.17) is 15.6 Å². The molecule has 27 heteroatoms. The van der Waals surface area contributed by atoms with E-state index in [1.165, 1.54) is 4.31 Å². The van der Waals surface area contributed by atoms with Crippen molar-refractivity contribution in [3.8, 4) is 33.9 Å². The molecule has 1 aliphatic heterocycles. The number of nitrogens with one attached hydrogen (secondary N) is 6. The van der Waals surface area contributed by atoms with Crippen molar-refractivity contribution in [2.24, 2.45) is 29.4 Å². The smallest absolute Gasteiger partial charge is 0.407 e. The third-order valence-corrected chi connectivity index (χ3v) is 19.2. The Bertz CT molecular complexity index is 3770. The van der Waals surface area contributed by atoms with E-state index in [-0.39, 0.29) is 53.2 Å². The number of H-pyrrole nitrogens is 2. The number of carboxylic acid groups (broad SMARTS) is 1. The zero-order valence-electron chi connectivity index (χ0n) is 51.8. The standard InChI is InChI=1S/C36H42N8O6S.C29H36BrN7O4/c1-23-7-16-30(51(49,50)44-17-2-3-18-44)21-31(23)28-6-4-5-25(19-28)20-32(39-34(45)27-10-8-24(9-11-27)22-37-36(47)48)35(46)38-29-14-12-26(13-15-29)33-40-42-43-41-33;1-29(2,3)41-28(40)32-17-18-7-9-21(10-8-18)27(39)37(23-13-11-20(12-14-23)26-33-35-36-34-26)24(25(31)38)16-19-5-4-6-22(30)15-19/h4-7,12-16,19,21,24,27,32,37H,2-3,8-11,17-18,20,22H2,1H3,(H,38,46)(H,39,45)(H,47,48)(H,40,41,42,43);4-6,11-15,18,21,24H,7-10,16-17H2,1-3H3,(H2,31,38)(H,32,40)(H,33,34,35,36)/t24?,27?,32-;18?,21?,24-/m00/s1. The summed E-state index contributed by atoms with van der Waals surface area (Å²) in [5, 5.41) is 48.2. The molecule has 0 radical (unpaired) electrons. The van der Waals surface area contributed by atoms with E-state index < -0.39 is 51.7 Å². The number of aromatic nitrogens is 8. The van der Waals surface area contributed by atoms with E-state index in [9.17, 15) is 37.2 Å². The summed E-state index contributed by atoms with van der Waals surface area (Å²) in [5.41, 5.74) is 12.1. The molecule has 10 rings (SSSR count). The van der Waals surface area contributed by atoms with Gasteiger partial charge in [0.05, 0.1) is 4.90 Å². The first kappa shape index (κ1) is 67.4. The molecule has 0 bridgehead atoms. The topological polar surface area (TPSA) is 356 Å². The predicted octanol–water partition coefficient (Wildman–Crippen LogP) is 8.76. The van der Waals surface area contributed by atoms with E-state index in [1.54, 1.807) is 65.6 Å². The van der Waals surface area contributed by atoms with Crippen molar-refractivity contribution in [1.29, 1.82) is 0 Å². The minimum absolute atomic E-state index is 0.144. The lowest BCUT2D eigenvalue weighted by Crippen LogP contribution is -2.52. The molecule has 1 saturated heterocycles. The Morgan fingerprint density at radius 2 is 1.29 bits per heavy atom. The van der Waals surface area contributed by atoms with Gasteiger partial charge in [-0.05, 0) is 215 Å². The molecular weight excluding hydrogens is 1260 g/mol. The summed E-state index contributed by atoms with van der Waals surface area (Å²) in [5.74, 6) is -0.689. The number of halogens is 1. The quantitative estimate of drug-likeness (QED) is 0.0333. The van der Waals surface area contributed by atoms with Gasteiger partial charge in [-0.1, -0.05) is 58.4 Å². The van der Waals surface area contributed by atoms with Gasteiger partial charge in [-0.2, -0.15) is 14.7 Å². The Hall–Kier alpha value is -8.95. The Morgan fingerprint density at radius 1 is 0.717 bits per heavy atom. The molecule has 5 aromatic carbocycles. The molecule has 2 atom stereocenters. The summed E-state index contributed by atoms with van der Waals surface area (Å²) in [6.07, 6.45) is 6.06. The SMILES string of the molecule is CC(C)(C)OC(=O)NCC1CCC(C(=O)N(c2ccc(-c3nn[nH]n3)cc2)[C@@H](Cc2cccc(Br)c2)C(N)=O)CC1.Cc1ccc(S(=O)(=O)N2CCCC2)cc1-c1cccc(C[C@H](NC(=O)C2CCC(CNC(=O)O)CC2)C(=O)Nc2ccc(-c3nn[nH]n3)cc2)c1. The van der Waals surface area contributed by atoms with Gasteiger partial charge in [0, 0.05) is 77.8 Å². The maximum Gasteiger partial charge on any atom is 0.407 e. The number of tetrazole rings is 2. The molecule has 2 aromatic heterocycles. The van der Waals surface area contributed by atoms with Crippen LogP contribution < -0.4 is 31.9 Å². The number of sulfonamides is 1. The maximum atomic E-state index is 14.1. The summed E-state index contributed by atoms with van der Waals surface area (Å²) in [6, 6.07) is 32.7. The minimum Gasteiger partial charge on any atom is -0.465 e. The van der Waals surface area contributed by atoms with Crippen LogP contribution >= 0.6 is 15.9 Å². The van der Waals surface area contributed by atoms with Gasteiger partial charge < -0.3 is 36.8 Å². The Balaban J connectivity index is 0.000000223. The molecule has 0 spiro atoms. The molecule has 2 saturated carbocycles. The molecule has 3 aliphatic rings. The normalized spacial score (nSPS) is 18.2. The highest BCUT2D eigenvalue weighted by Gasteiger charge is 2.37. The van der Waals surface area contributed by atoms with Crippen LogP contribution in [0.15, 0.2) is 125 Å². The average Bonchev–Trinajstić information content (AvgIpc) is 1.15. The fourth-order valence-corrected chi connectivity index (χ4v) is 13.9.